The number of carbonyl (C=O) groups excluding carboxylic acids is 3. The van der Waals surface area contributed by atoms with E-state index in [1.54, 1.807) is 41.5 Å². The molecule has 0 spiro atoms. The number of nitrogens with one attached hydrogen (secondary N) is 1. The van der Waals surface area contributed by atoms with Crippen LogP contribution in [0.4, 0.5) is 10.1 Å². The normalized spacial score (nSPS) is 12.6. The first-order valence-corrected chi connectivity index (χ1v) is 9.28. The Morgan fingerprint density at radius 1 is 1.10 bits per heavy atom. The van der Waals surface area contributed by atoms with Gasteiger partial charge in [-0.25, -0.2) is 9.18 Å². The van der Waals surface area contributed by atoms with Gasteiger partial charge in [0.05, 0.1) is 16.6 Å². The van der Waals surface area contributed by atoms with Crippen molar-refractivity contribution < 1.29 is 33.2 Å². The van der Waals surface area contributed by atoms with Gasteiger partial charge in [0.1, 0.15) is 23.1 Å². The fourth-order valence-electron chi connectivity index (χ4n) is 2.31. The number of nitro benzene ring substituents is 1. The second kappa shape index (κ2) is 9.64. The molecule has 10 heteroatoms. The molecule has 0 aliphatic rings. The minimum Gasteiger partial charge on any atom is -0.460 e. The van der Waals surface area contributed by atoms with Crippen molar-refractivity contribution in [2.75, 3.05) is 0 Å². The van der Waals surface area contributed by atoms with Crippen molar-refractivity contribution in [3.8, 4) is 0 Å². The van der Waals surface area contributed by atoms with Crippen LogP contribution in [0, 0.1) is 15.9 Å². The summed E-state index contributed by atoms with van der Waals surface area (Å²) in [7, 11) is 0. The monoisotopic (exact) mass is 426 g/mol. The highest BCUT2D eigenvalue weighted by Gasteiger charge is 2.29. The van der Waals surface area contributed by atoms with Gasteiger partial charge in [-0.2, -0.15) is 0 Å². The van der Waals surface area contributed by atoms with Crippen LogP contribution in [-0.2, 0) is 19.1 Å². The van der Waals surface area contributed by atoms with E-state index in [4.69, 9.17) is 9.47 Å². The molecular formula is C20H27FN2O7. The van der Waals surface area contributed by atoms with Gasteiger partial charge in [0.2, 0.25) is 0 Å². The van der Waals surface area contributed by atoms with Gasteiger partial charge in [0, 0.05) is 12.5 Å². The van der Waals surface area contributed by atoms with E-state index in [1.165, 1.54) is 0 Å². The van der Waals surface area contributed by atoms with Crippen LogP contribution in [0.2, 0.25) is 0 Å². The van der Waals surface area contributed by atoms with E-state index in [-0.39, 0.29) is 12.8 Å². The molecule has 1 N–H and O–H groups in total. The van der Waals surface area contributed by atoms with Gasteiger partial charge in [0.25, 0.3) is 11.6 Å². The standard InChI is InChI=1S/C20H27FN2O7/c1-19(2,3)29-16(24)10-9-15(18(26)30-20(4,5)6)22-17(25)13-8-7-12(23(27)28)11-14(13)21/h7-8,11,15H,9-10H2,1-6H3,(H,22,25)/t15-/m1/s1. The van der Waals surface area contributed by atoms with E-state index < -0.39 is 57.1 Å². The first-order valence-electron chi connectivity index (χ1n) is 9.28. The number of rotatable bonds is 7. The number of esters is 2. The Bertz CT molecular complexity index is 825. The topological polar surface area (TPSA) is 125 Å². The van der Waals surface area contributed by atoms with Crippen LogP contribution in [0.15, 0.2) is 18.2 Å². The lowest BCUT2D eigenvalue weighted by atomic mass is 10.1. The van der Waals surface area contributed by atoms with Crippen molar-refractivity contribution in [3.05, 3.63) is 39.7 Å². The van der Waals surface area contributed by atoms with Crippen LogP contribution in [0.1, 0.15) is 64.7 Å². The SMILES string of the molecule is CC(C)(C)OC(=O)CC[C@@H](NC(=O)c1ccc([N+](=O)[O-])cc1F)C(=O)OC(C)(C)C. The number of nitrogens with zero attached hydrogens (tertiary/aromatic N) is 1. The van der Waals surface area contributed by atoms with Crippen molar-refractivity contribution in [2.24, 2.45) is 0 Å². The van der Waals surface area contributed by atoms with Gasteiger partial charge in [-0.3, -0.25) is 19.7 Å². The Kier molecular flexibility index (Phi) is 8.03. The predicted molar refractivity (Wildman–Crippen MR) is 105 cm³/mol. The first-order chi connectivity index (χ1) is 13.6. The number of nitro groups is 1. The molecule has 1 rings (SSSR count). The number of hydrogen-bond acceptors (Lipinski definition) is 7. The average molecular weight is 426 g/mol. The summed E-state index contributed by atoms with van der Waals surface area (Å²) in [5, 5.41) is 13.0. The molecule has 0 aliphatic carbocycles. The Labute approximate surface area is 174 Å². The van der Waals surface area contributed by atoms with Crippen molar-refractivity contribution in [1.29, 1.82) is 0 Å². The van der Waals surface area contributed by atoms with Crippen molar-refractivity contribution in [2.45, 2.75) is 71.6 Å². The van der Waals surface area contributed by atoms with E-state index in [0.717, 1.165) is 12.1 Å². The number of carbonyl (C=O) groups is 3. The van der Waals surface area contributed by atoms with Crippen molar-refractivity contribution >= 4 is 23.5 Å². The maximum absolute atomic E-state index is 14.1. The fraction of sp³-hybridized carbons (Fsp3) is 0.550. The van der Waals surface area contributed by atoms with Crippen LogP contribution in [0.25, 0.3) is 0 Å². The lowest BCUT2D eigenvalue weighted by Crippen LogP contribution is -2.44. The summed E-state index contributed by atoms with van der Waals surface area (Å²) >= 11 is 0. The molecule has 30 heavy (non-hydrogen) atoms. The molecule has 1 aromatic carbocycles. The molecule has 0 radical (unpaired) electrons. The Morgan fingerprint density at radius 3 is 2.13 bits per heavy atom. The maximum atomic E-state index is 14.1. The van der Waals surface area contributed by atoms with Gasteiger partial charge in [0.15, 0.2) is 0 Å². The number of ether oxygens (including phenoxy) is 2. The number of amides is 1. The third-order valence-electron chi connectivity index (χ3n) is 3.46. The van der Waals surface area contributed by atoms with Gasteiger partial charge < -0.3 is 14.8 Å². The van der Waals surface area contributed by atoms with E-state index >= 15 is 0 Å². The number of halogens is 1. The molecule has 0 bridgehead atoms. The quantitative estimate of drug-likeness (QED) is 0.403. The van der Waals surface area contributed by atoms with Gasteiger partial charge >= 0.3 is 11.9 Å². The molecule has 0 unspecified atom stereocenters. The van der Waals surface area contributed by atoms with E-state index in [9.17, 15) is 28.9 Å². The molecule has 166 valence electrons. The lowest BCUT2D eigenvalue weighted by Gasteiger charge is -2.25. The van der Waals surface area contributed by atoms with E-state index in [2.05, 4.69) is 5.32 Å². The molecule has 0 aromatic heterocycles. The van der Waals surface area contributed by atoms with Crippen molar-refractivity contribution in [3.63, 3.8) is 0 Å². The lowest BCUT2D eigenvalue weighted by molar-refractivity contribution is -0.385. The summed E-state index contributed by atoms with van der Waals surface area (Å²) in [5.41, 5.74) is -2.57. The zero-order valence-electron chi connectivity index (χ0n) is 17.9. The third-order valence-corrected chi connectivity index (χ3v) is 3.46. The Hall–Kier alpha value is -3.04. The zero-order chi connectivity index (χ0) is 23.3. The van der Waals surface area contributed by atoms with Crippen LogP contribution in [0.3, 0.4) is 0 Å². The highest BCUT2D eigenvalue weighted by atomic mass is 19.1. The van der Waals surface area contributed by atoms with E-state index in [0.29, 0.717) is 6.07 Å². The van der Waals surface area contributed by atoms with Gasteiger partial charge in [-0.1, -0.05) is 0 Å². The average Bonchev–Trinajstić information content (AvgIpc) is 2.54. The second-order valence-corrected chi connectivity index (χ2v) is 8.61. The second-order valence-electron chi connectivity index (χ2n) is 8.61. The summed E-state index contributed by atoms with van der Waals surface area (Å²) in [6, 6.07) is 1.28. The fourth-order valence-corrected chi connectivity index (χ4v) is 2.31. The first kappa shape index (κ1) is 25.0. The Morgan fingerprint density at radius 2 is 1.67 bits per heavy atom. The molecule has 9 nitrogen and oxygen atoms in total. The third kappa shape index (κ3) is 8.54. The predicted octanol–water partition coefficient (Wildman–Crippen LogP) is 3.30. The minimum atomic E-state index is -1.25. The van der Waals surface area contributed by atoms with Crippen LogP contribution >= 0.6 is 0 Å². The van der Waals surface area contributed by atoms with Gasteiger partial charge in [-0.15, -0.1) is 0 Å². The summed E-state index contributed by atoms with van der Waals surface area (Å²) in [5.74, 6) is -3.47. The number of benzene rings is 1. The summed E-state index contributed by atoms with van der Waals surface area (Å²) in [6.45, 7) is 9.97. The highest BCUT2D eigenvalue weighted by Crippen LogP contribution is 2.18. The highest BCUT2D eigenvalue weighted by molar-refractivity contribution is 5.97. The molecule has 1 atom stereocenters. The molecule has 0 saturated carbocycles. The van der Waals surface area contributed by atoms with Crippen molar-refractivity contribution in [1.82, 2.24) is 5.32 Å². The van der Waals surface area contributed by atoms with Gasteiger partial charge in [-0.05, 0) is 54.0 Å². The summed E-state index contributed by atoms with van der Waals surface area (Å²) in [4.78, 5) is 46.8. The number of non-ortho nitro benzene ring substituents is 1. The molecule has 0 saturated heterocycles. The molecule has 1 aromatic rings. The number of hydrogen-bond donors (Lipinski definition) is 1. The molecule has 0 heterocycles. The smallest absolute Gasteiger partial charge is 0.329 e. The van der Waals surface area contributed by atoms with E-state index in [1.807, 2.05) is 0 Å². The molecule has 0 aliphatic heterocycles. The molecular weight excluding hydrogens is 399 g/mol. The molecule has 1 amide bonds. The zero-order valence-corrected chi connectivity index (χ0v) is 17.9. The maximum Gasteiger partial charge on any atom is 0.329 e. The van der Waals surface area contributed by atoms with Crippen LogP contribution in [-0.4, -0.2) is 40.0 Å². The largest absolute Gasteiger partial charge is 0.460 e. The minimum absolute atomic E-state index is 0.135. The summed E-state index contributed by atoms with van der Waals surface area (Å²) < 4.78 is 24.6. The van der Waals surface area contributed by atoms with Crippen LogP contribution in [0.5, 0.6) is 0 Å². The Balaban J connectivity index is 2.99. The molecule has 0 fully saturated rings. The summed E-state index contributed by atoms with van der Waals surface area (Å²) in [6.07, 6.45) is -0.325. The van der Waals surface area contributed by atoms with Crippen LogP contribution < -0.4 is 5.32 Å².